The lowest BCUT2D eigenvalue weighted by Crippen LogP contribution is -2.69. The molecular weight excluding hydrogens is 284 g/mol. The van der Waals surface area contributed by atoms with Gasteiger partial charge in [0.2, 0.25) is 11.8 Å². The van der Waals surface area contributed by atoms with Gasteiger partial charge in [0.1, 0.15) is 11.6 Å². The molecule has 122 valence electrons. The second-order valence-corrected chi connectivity index (χ2v) is 7.72. The van der Waals surface area contributed by atoms with Crippen LogP contribution in [-0.2, 0) is 9.59 Å². The van der Waals surface area contributed by atoms with Gasteiger partial charge in [-0.25, -0.2) is 0 Å². The van der Waals surface area contributed by atoms with E-state index in [1.165, 1.54) is 0 Å². The van der Waals surface area contributed by atoms with E-state index in [0.29, 0.717) is 25.3 Å². The van der Waals surface area contributed by atoms with Gasteiger partial charge < -0.3 is 10.2 Å². The molecule has 0 bridgehead atoms. The van der Waals surface area contributed by atoms with E-state index in [9.17, 15) is 9.59 Å². The van der Waals surface area contributed by atoms with Gasteiger partial charge in [-0.05, 0) is 43.6 Å². The average molecular weight is 314 g/mol. The number of nitrogens with one attached hydrogen (secondary N) is 1. The molecule has 0 radical (unpaired) electrons. The predicted octanol–water partition coefficient (Wildman–Crippen LogP) is 2.67. The van der Waals surface area contributed by atoms with Crippen LogP contribution in [0.4, 0.5) is 0 Å². The Hall–Kier alpha value is -0.710. The molecule has 2 amide bonds. The molecule has 0 aromatic rings. The fourth-order valence-corrected chi connectivity index (χ4v) is 3.36. The molecule has 0 aliphatic carbocycles. The zero-order valence-electron chi connectivity index (χ0n) is 14.1. The van der Waals surface area contributed by atoms with Crippen molar-refractivity contribution >= 4 is 23.6 Å². The predicted molar refractivity (Wildman–Crippen MR) is 89.4 cm³/mol. The molecule has 2 atom stereocenters. The molecule has 1 saturated heterocycles. The standard InChI is InChI=1S/C16H30N2O2S/c1-6-16(5)15(20)17-13(11-12(3)4)14(19)18(16)9-8-10-21-7-2/h12-13H,6-11H2,1-5H3,(H,17,20). The van der Waals surface area contributed by atoms with E-state index in [0.717, 1.165) is 17.9 Å². The lowest BCUT2D eigenvalue weighted by atomic mass is 9.88. The zero-order valence-corrected chi connectivity index (χ0v) is 14.9. The Morgan fingerprint density at radius 1 is 1.33 bits per heavy atom. The van der Waals surface area contributed by atoms with E-state index in [1.807, 2.05) is 30.5 Å². The van der Waals surface area contributed by atoms with Gasteiger partial charge in [0.05, 0.1) is 0 Å². The van der Waals surface area contributed by atoms with Crippen molar-refractivity contribution in [3.05, 3.63) is 0 Å². The van der Waals surface area contributed by atoms with Crippen LogP contribution in [0.15, 0.2) is 0 Å². The highest BCUT2D eigenvalue weighted by molar-refractivity contribution is 7.99. The minimum atomic E-state index is -0.693. The van der Waals surface area contributed by atoms with Crippen LogP contribution in [-0.4, -0.2) is 46.3 Å². The number of nitrogens with zero attached hydrogens (tertiary/aromatic N) is 1. The summed E-state index contributed by atoms with van der Waals surface area (Å²) in [5, 5.41) is 2.94. The maximum atomic E-state index is 12.7. The lowest BCUT2D eigenvalue weighted by molar-refractivity contribution is -0.157. The van der Waals surface area contributed by atoms with Gasteiger partial charge in [-0.3, -0.25) is 9.59 Å². The van der Waals surface area contributed by atoms with Crippen LogP contribution in [0, 0.1) is 5.92 Å². The molecule has 21 heavy (non-hydrogen) atoms. The second kappa shape index (κ2) is 8.06. The van der Waals surface area contributed by atoms with Crippen molar-refractivity contribution in [2.45, 2.75) is 65.5 Å². The molecule has 1 rings (SSSR count). The molecule has 0 aromatic heterocycles. The Labute approximate surface area is 133 Å². The molecule has 5 heteroatoms. The second-order valence-electron chi connectivity index (χ2n) is 6.32. The zero-order chi connectivity index (χ0) is 16.0. The summed E-state index contributed by atoms with van der Waals surface area (Å²) in [5.41, 5.74) is -0.693. The molecule has 1 N–H and O–H groups in total. The third-order valence-electron chi connectivity index (χ3n) is 4.22. The van der Waals surface area contributed by atoms with Gasteiger partial charge in [-0.1, -0.05) is 27.7 Å². The largest absolute Gasteiger partial charge is 0.342 e. The first-order chi connectivity index (χ1) is 9.86. The Kier molecular flexibility index (Phi) is 7.04. The van der Waals surface area contributed by atoms with Crippen molar-refractivity contribution in [1.29, 1.82) is 0 Å². The quantitative estimate of drug-likeness (QED) is 0.701. The van der Waals surface area contributed by atoms with Crippen molar-refractivity contribution in [2.24, 2.45) is 5.92 Å². The first kappa shape index (κ1) is 18.3. The first-order valence-corrected chi connectivity index (χ1v) is 9.22. The highest BCUT2D eigenvalue weighted by Crippen LogP contribution is 2.27. The summed E-state index contributed by atoms with van der Waals surface area (Å²) in [4.78, 5) is 27.1. The van der Waals surface area contributed by atoms with E-state index in [2.05, 4.69) is 26.1 Å². The van der Waals surface area contributed by atoms with Crippen molar-refractivity contribution < 1.29 is 9.59 Å². The summed E-state index contributed by atoms with van der Waals surface area (Å²) in [5.74, 6) is 2.61. The van der Waals surface area contributed by atoms with Gasteiger partial charge in [0, 0.05) is 6.54 Å². The Morgan fingerprint density at radius 2 is 2.00 bits per heavy atom. The monoisotopic (exact) mass is 314 g/mol. The van der Waals surface area contributed by atoms with Crippen LogP contribution in [0.1, 0.15) is 53.9 Å². The Balaban J connectivity index is 2.83. The minimum Gasteiger partial charge on any atom is -0.342 e. The summed E-state index contributed by atoms with van der Waals surface area (Å²) in [6.07, 6.45) is 2.31. The van der Waals surface area contributed by atoms with Crippen LogP contribution >= 0.6 is 11.8 Å². The van der Waals surface area contributed by atoms with Gasteiger partial charge in [0.25, 0.3) is 0 Å². The van der Waals surface area contributed by atoms with E-state index >= 15 is 0 Å². The molecule has 0 saturated carbocycles. The van der Waals surface area contributed by atoms with Crippen LogP contribution in [0.25, 0.3) is 0 Å². The number of piperazine rings is 1. The molecule has 0 spiro atoms. The number of thioether (sulfide) groups is 1. The van der Waals surface area contributed by atoms with Crippen molar-refractivity contribution in [2.75, 3.05) is 18.1 Å². The molecule has 4 nitrogen and oxygen atoms in total. The highest BCUT2D eigenvalue weighted by atomic mass is 32.2. The third-order valence-corrected chi connectivity index (χ3v) is 5.21. The highest BCUT2D eigenvalue weighted by Gasteiger charge is 2.47. The number of carbonyl (C=O) groups is 2. The topological polar surface area (TPSA) is 49.4 Å². The Bertz CT molecular complexity index is 373. The fourth-order valence-electron chi connectivity index (χ4n) is 2.74. The number of hydrogen-bond acceptors (Lipinski definition) is 3. The first-order valence-electron chi connectivity index (χ1n) is 8.07. The number of carbonyl (C=O) groups excluding carboxylic acids is 2. The van der Waals surface area contributed by atoms with Crippen LogP contribution in [0.5, 0.6) is 0 Å². The van der Waals surface area contributed by atoms with E-state index < -0.39 is 5.54 Å². The van der Waals surface area contributed by atoms with Crippen molar-refractivity contribution in [1.82, 2.24) is 10.2 Å². The Morgan fingerprint density at radius 3 is 2.52 bits per heavy atom. The van der Waals surface area contributed by atoms with Crippen molar-refractivity contribution in [3.63, 3.8) is 0 Å². The molecule has 1 aliphatic heterocycles. The lowest BCUT2D eigenvalue weighted by Gasteiger charge is -2.46. The smallest absolute Gasteiger partial charge is 0.246 e. The van der Waals surface area contributed by atoms with Crippen molar-refractivity contribution in [3.8, 4) is 0 Å². The summed E-state index contributed by atoms with van der Waals surface area (Å²) < 4.78 is 0. The number of rotatable bonds is 8. The third kappa shape index (κ3) is 4.38. The number of amides is 2. The van der Waals surface area contributed by atoms with Crippen LogP contribution in [0.3, 0.4) is 0 Å². The van der Waals surface area contributed by atoms with E-state index in [-0.39, 0.29) is 17.9 Å². The van der Waals surface area contributed by atoms with Gasteiger partial charge in [-0.2, -0.15) is 11.8 Å². The van der Waals surface area contributed by atoms with E-state index in [1.54, 1.807) is 0 Å². The van der Waals surface area contributed by atoms with Crippen LogP contribution < -0.4 is 5.32 Å². The summed E-state index contributed by atoms with van der Waals surface area (Å²) in [6.45, 7) is 10.8. The van der Waals surface area contributed by atoms with Crippen LogP contribution in [0.2, 0.25) is 0 Å². The number of hydrogen-bond donors (Lipinski definition) is 1. The SMILES string of the molecule is CCSCCCN1C(=O)C(CC(C)C)NC(=O)C1(C)CC. The summed E-state index contributed by atoms with van der Waals surface area (Å²) >= 11 is 1.88. The normalized spacial score (nSPS) is 26.4. The maximum absolute atomic E-state index is 12.7. The van der Waals surface area contributed by atoms with E-state index in [4.69, 9.17) is 0 Å². The fraction of sp³-hybridized carbons (Fsp3) is 0.875. The molecular formula is C16H30N2O2S. The molecule has 2 unspecified atom stereocenters. The minimum absolute atomic E-state index is 0.00149. The molecule has 1 aliphatic rings. The van der Waals surface area contributed by atoms with Gasteiger partial charge in [0.15, 0.2) is 0 Å². The maximum Gasteiger partial charge on any atom is 0.246 e. The molecule has 0 aromatic carbocycles. The molecule has 1 fully saturated rings. The van der Waals surface area contributed by atoms with Gasteiger partial charge in [-0.15, -0.1) is 0 Å². The van der Waals surface area contributed by atoms with Gasteiger partial charge >= 0.3 is 0 Å². The summed E-state index contributed by atoms with van der Waals surface area (Å²) in [6, 6.07) is -0.351. The molecule has 1 heterocycles. The summed E-state index contributed by atoms with van der Waals surface area (Å²) in [7, 11) is 0. The average Bonchev–Trinajstić information content (AvgIpc) is 2.43.